The highest BCUT2D eigenvalue weighted by atomic mass is 35.5. The number of hydrogen-bond donors (Lipinski definition) is 1. The van der Waals surface area contributed by atoms with Crippen LogP contribution in [-0.4, -0.2) is 24.5 Å². The van der Waals surface area contributed by atoms with Crippen LogP contribution in [0.1, 0.15) is 18.4 Å². The molecule has 1 aliphatic heterocycles. The van der Waals surface area contributed by atoms with Crippen LogP contribution >= 0.6 is 35.6 Å². The van der Waals surface area contributed by atoms with Gasteiger partial charge in [0.25, 0.3) is 0 Å². The Bertz CT molecular complexity index is 376. The van der Waals surface area contributed by atoms with E-state index in [-0.39, 0.29) is 12.4 Å². The van der Waals surface area contributed by atoms with Crippen molar-refractivity contribution in [3.05, 3.63) is 33.8 Å². The Morgan fingerprint density at radius 2 is 1.89 bits per heavy atom. The minimum Gasteiger partial charge on any atom is -0.330 e. The van der Waals surface area contributed by atoms with Crippen LogP contribution in [0.4, 0.5) is 0 Å². The van der Waals surface area contributed by atoms with Crippen LogP contribution in [0, 0.1) is 5.92 Å². The average molecular weight is 310 g/mol. The van der Waals surface area contributed by atoms with Crippen molar-refractivity contribution >= 4 is 35.6 Å². The zero-order valence-electron chi connectivity index (χ0n) is 10.2. The molecule has 0 aliphatic carbocycles. The van der Waals surface area contributed by atoms with E-state index in [1.807, 2.05) is 18.2 Å². The monoisotopic (exact) mass is 308 g/mol. The van der Waals surface area contributed by atoms with E-state index in [0.717, 1.165) is 36.8 Å². The van der Waals surface area contributed by atoms with Crippen molar-refractivity contribution in [2.24, 2.45) is 11.7 Å². The van der Waals surface area contributed by atoms with Crippen molar-refractivity contribution in [1.82, 2.24) is 4.90 Å². The molecule has 0 unspecified atom stereocenters. The first-order valence-electron chi connectivity index (χ1n) is 6.05. The van der Waals surface area contributed by atoms with Crippen LogP contribution in [-0.2, 0) is 6.54 Å². The highest BCUT2D eigenvalue weighted by molar-refractivity contribution is 6.35. The smallest absolute Gasteiger partial charge is 0.0465 e. The van der Waals surface area contributed by atoms with Crippen LogP contribution in [0.5, 0.6) is 0 Å². The first-order chi connectivity index (χ1) is 8.19. The Labute approximate surface area is 125 Å². The Kier molecular flexibility index (Phi) is 6.75. The van der Waals surface area contributed by atoms with Crippen LogP contribution in [0.15, 0.2) is 18.2 Å². The fraction of sp³-hybridized carbons (Fsp3) is 0.538. The highest BCUT2D eigenvalue weighted by Crippen LogP contribution is 2.24. The van der Waals surface area contributed by atoms with Gasteiger partial charge in [-0.1, -0.05) is 29.3 Å². The maximum absolute atomic E-state index is 6.17. The van der Waals surface area contributed by atoms with Gasteiger partial charge < -0.3 is 5.73 Å². The van der Waals surface area contributed by atoms with Gasteiger partial charge in [-0.25, -0.2) is 0 Å². The Morgan fingerprint density at radius 1 is 1.22 bits per heavy atom. The normalized spacial score (nSPS) is 17.5. The molecule has 1 heterocycles. The van der Waals surface area contributed by atoms with Gasteiger partial charge in [-0.05, 0) is 56.1 Å². The van der Waals surface area contributed by atoms with Crippen molar-refractivity contribution in [3.8, 4) is 0 Å². The van der Waals surface area contributed by atoms with E-state index in [2.05, 4.69) is 4.90 Å². The molecule has 1 aromatic rings. The first-order valence-corrected chi connectivity index (χ1v) is 6.81. The minimum absolute atomic E-state index is 0. The van der Waals surface area contributed by atoms with E-state index in [0.29, 0.717) is 10.9 Å². The summed E-state index contributed by atoms with van der Waals surface area (Å²) in [7, 11) is 0. The minimum atomic E-state index is 0. The van der Waals surface area contributed by atoms with Crippen LogP contribution in [0.2, 0.25) is 10.0 Å². The van der Waals surface area contributed by atoms with Crippen molar-refractivity contribution in [2.45, 2.75) is 19.4 Å². The maximum Gasteiger partial charge on any atom is 0.0465 e. The van der Waals surface area contributed by atoms with E-state index in [1.165, 1.54) is 12.8 Å². The molecular formula is C13H19Cl3N2. The lowest BCUT2D eigenvalue weighted by Crippen LogP contribution is -2.35. The summed E-state index contributed by atoms with van der Waals surface area (Å²) in [5.74, 6) is 0.701. The van der Waals surface area contributed by atoms with Crippen molar-refractivity contribution in [1.29, 1.82) is 0 Å². The van der Waals surface area contributed by atoms with Crippen LogP contribution in [0.3, 0.4) is 0 Å². The predicted octanol–water partition coefficient (Wildman–Crippen LogP) is 3.59. The summed E-state index contributed by atoms with van der Waals surface area (Å²) in [6.07, 6.45) is 2.39. The fourth-order valence-corrected chi connectivity index (χ4v) is 2.74. The number of halogens is 3. The molecule has 0 atom stereocenters. The van der Waals surface area contributed by atoms with E-state index in [9.17, 15) is 0 Å². The Balaban J connectivity index is 0.00000162. The van der Waals surface area contributed by atoms with Crippen LogP contribution in [0.25, 0.3) is 0 Å². The summed E-state index contributed by atoms with van der Waals surface area (Å²) in [5, 5.41) is 1.46. The molecule has 0 bridgehead atoms. The standard InChI is InChI=1S/C13H18Cl2N2.ClH/c14-12-2-1-11(13(15)7-12)9-17-5-3-10(8-16)4-6-17;/h1-2,7,10H,3-6,8-9,16H2;1H. The zero-order chi connectivity index (χ0) is 12.3. The Morgan fingerprint density at radius 3 is 2.44 bits per heavy atom. The van der Waals surface area contributed by atoms with Crippen molar-refractivity contribution in [2.75, 3.05) is 19.6 Å². The molecule has 1 aliphatic rings. The molecule has 0 aromatic heterocycles. The molecule has 0 radical (unpaired) electrons. The van der Waals surface area contributed by atoms with Gasteiger partial charge in [-0.15, -0.1) is 12.4 Å². The molecule has 1 aromatic carbocycles. The van der Waals surface area contributed by atoms with Crippen LogP contribution < -0.4 is 5.73 Å². The van der Waals surface area contributed by atoms with Gasteiger partial charge >= 0.3 is 0 Å². The van der Waals surface area contributed by atoms with Gasteiger partial charge in [-0.2, -0.15) is 0 Å². The SMILES string of the molecule is Cl.NCC1CCN(Cc2ccc(Cl)cc2Cl)CC1. The molecule has 102 valence electrons. The number of benzene rings is 1. The summed E-state index contributed by atoms with van der Waals surface area (Å²) >= 11 is 12.1. The van der Waals surface area contributed by atoms with Gasteiger partial charge in [0.05, 0.1) is 0 Å². The third kappa shape index (κ3) is 4.29. The summed E-state index contributed by atoms with van der Waals surface area (Å²) < 4.78 is 0. The lowest BCUT2D eigenvalue weighted by molar-refractivity contribution is 0.180. The number of nitrogens with two attached hydrogens (primary N) is 1. The first kappa shape index (κ1) is 16.1. The number of likely N-dealkylation sites (tertiary alicyclic amines) is 1. The summed E-state index contributed by atoms with van der Waals surface area (Å²) in [4.78, 5) is 2.43. The molecule has 2 rings (SSSR count). The number of nitrogens with zero attached hydrogens (tertiary/aromatic N) is 1. The molecule has 2 nitrogen and oxygen atoms in total. The topological polar surface area (TPSA) is 29.3 Å². The second kappa shape index (κ2) is 7.56. The zero-order valence-corrected chi connectivity index (χ0v) is 12.6. The molecule has 5 heteroatoms. The molecule has 0 spiro atoms. The van der Waals surface area contributed by atoms with Crippen molar-refractivity contribution < 1.29 is 0 Å². The largest absolute Gasteiger partial charge is 0.330 e. The summed E-state index contributed by atoms with van der Waals surface area (Å²) in [5.41, 5.74) is 6.84. The molecule has 0 saturated carbocycles. The third-order valence-electron chi connectivity index (χ3n) is 3.45. The number of hydrogen-bond acceptors (Lipinski definition) is 2. The Hall–Kier alpha value is 0.01000. The average Bonchev–Trinajstić information content (AvgIpc) is 2.34. The number of rotatable bonds is 3. The van der Waals surface area contributed by atoms with Gasteiger partial charge in [0.2, 0.25) is 0 Å². The molecular weight excluding hydrogens is 291 g/mol. The fourth-order valence-electron chi connectivity index (χ4n) is 2.27. The predicted molar refractivity (Wildman–Crippen MR) is 80.8 cm³/mol. The number of piperidine rings is 1. The van der Waals surface area contributed by atoms with Crippen molar-refractivity contribution in [3.63, 3.8) is 0 Å². The van der Waals surface area contributed by atoms with Gasteiger partial charge in [0.15, 0.2) is 0 Å². The lowest BCUT2D eigenvalue weighted by Gasteiger charge is -2.31. The van der Waals surface area contributed by atoms with Gasteiger partial charge in [0.1, 0.15) is 0 Å². The van der Waals surface area contributed by atoms with E-state index in [4.69, 9.17) is 28.9 Å². The van der Waals surface area contributed by atoms with Gasteiger partial charge in [0, 0.05) is 16.6 Å². The van der Waals surface area contributed by atoms with E-state index >= 15 is 0 Å². The third-order valence-corrected chi connectivity index (χ3v) is 4.04. The molecule has 18 heavy (non-hydrogen) atoms. The van der Waals surface area contributed by atoms with Gasteiger partial charge in [-0.3, -0.25) is 4.90 Å². The summed E-state index contributed by atoms with van der Waals surface area (Å²) in [6.45, 7) is 3.95. The molecule has 1 fully saturated rings. The van der Waals surface area contributed by atoms with E-state index < -0.39 is 0 Å². The second-order valence-corrected chi connectivity index (χ2v) is 5.53. The summed E-state index contributed by atoms with van der Waals surface area (Å²) in [6, 6.07) is 5.72. The molecule has 2 N–H and O–H groups in total. The maximum atomic E-state index is 6.17. The molecule has 0 amide bonds. The quantitative estimate of drug-likeness (QED) is 0.924. The molecule has 1 saturated heterocycles. The highest BCUT2D eigenvalue weighted by Gasteiger charge is 2.18. The van der Waals surface area contributed by atoms with E-state index in [1.54, 1.807) is 0 Å². The lowest BCUT2D eigenvalue weighted by atomic mass is 9.97. The second-order valence-electron chi connectivity index (χ2n) is 4.69.